The van der Waals surface area contributed by atoms with Gasteiger partial charge in [-0.3, -0.25) is 4.79 Å². The van der Waals surface area contributed by atoms with Gasteiger partial charge in [0, 0.05) is 21.8 Å². The van der Waals surface area contributed by atoms with Gasteiger partial charge < -0.3 is 4.74 Å². The van der Waals surface area contributed by atoms with Gasteiger partial charge in [0.25, 0.3) is 0 Å². The Kier molecular flexibility index (Phi) is 5.54. The minimum atomic E-state index is 0.105. The number of hydrogen-bond acceptors (Lipinski definition) is 3. The Labute approximate surface area is 118 Å². The molecule has 0 aromatic heterocycles. The molecule has 0 aliphatic rings. The highest BCUT2D eigenvalue weighted by atomic mass is 35.5. The first-order valence-electron chi connectivity index (χ1n) is 5.80. The van der Waals surface area contributed by atoms with Crippen molar-refractivity contribution in [2.75, 3.05) is 12.9 Å². The van der Waals surface area contributed by atoms with Gasteiger partial charge in [-0.05, 0) is 18.2 Å². The number of Topliss-reactive ketones (excluding diaryl/α,β-unsaturated/α-hetero) is 1. The third-order valence-electron chi connectivity index (χ3n) is 2.30. The molecule has 1 aromatic rings. The second-order valence-corrected chi connectivity index (χ2v) is 7.31. The van der Waals surface area contributed by atoms with Crippen LogP contribution in [-0.2, 0) is 11.2 Å². The van der Waals surface area contributed by atoms with Crippen molar-refractivity contribution in [3.8, 4) is 5.75 Å². The van der Waals surface area contributed by atoms with Crippen molar-refractivity contribution in [2.45, 2.75) is 31.9 Å². The van der Waals surface area contributed by atoms with E-state index in [0.717, 1.165) is 5.56 Å². The first-order chi connectivity index (χ1) is 8.31. The van der Waals surface area contributed by atoms with Crippen molar-refractivity contribution in [2.24, 2.45) is 0 Å². The lowest BCUT2D eigenvalue weighted by molar-refractivity contribution is -0.116. The van der Waals surface area contributed by atoms with E-state index in [1.165, 1.54) is 0 Å². The fraction of sp³-hybridized carbons (Fsp3) is 0.500. The molecule has 0 bridgehead atoms. The number of methoxy groups -OCH3 is 1. The highest BCUT2D eigenvalue weighted by molar-refractivity contribution is 8.01. The number of rotatable bonds is 5. The van der Waals surface area contributed by atoms with Crippen LogP contribution in [0.3, 0.4) is 0 Å². The summed E-state index contributed by atoms with van der Waals surface area (Å²) in [7, 11) is 1.60. The fourth-order valence-electron chi connectivity index (χ4n) is 1.45. The SMILES string of the molecule is COc1ccc(Cl)cc1CC(=O)CSC(C)(C)C. The molecule has 0 radical (unpaired) electrons. The van der Waals surface area contributed by atoms with Crippen molar-refractivity contribution in [1.29, 1.82) is 0 Å². The Morgan fingerprint density at radius 2 is 2.06 bits per heavy atom. The number of halogens is 1. The lowest BCUT2D eigenvalue weighted by atomic mass is 10.1. The van der Waals surface area contributed by atoms with E-state index in [1.807, 2.05) is 0 Å². The van der Waals surface area contributed by atoms with Gasteiger partial charge in [-0.25, -0.2) is 0 Å². The van der Waals surface area contributed by atoms with Gasteiger partial charge >= 0.3 is 0 Å². The van der Waals surface area contributed by atoms with E-state index in [0.29, 0.717) is 22.9 Å². The second-order valence-electron chi connectivity index (χ2n) is 5.07. The van der Waals surface area contributed by atoms with Crippen LogP contribution in [0.5, 0.6) is 5.75 Å². The molecule has 18 heavy (non-hydrogen) atoms. The molecule has 1 rings (SSSR count). The van der Waals surface area contributed by atoms with Crippen LogP contribution in [0.2, 0.25) is 5.02 Å². The molecule has 100 valence electrons. The number of ketones is 1. The van der Waals surface area contributed by atoms with E-state index in [-0.39, 0.29) is 10.5 Å². The van der Waals surface area contributed by atoms with Crippen molar-refractivity contribution in [1.82, 2.24) is 0 Å². The number of thioether (sulfide) groups is 1. The fourth-order valence-corrected chi connectivity index (χ4v) is 2.34. The van der Waals surface area contributed by atoms with E-state index in [2.05, 4.69) is 20.8 Å². The largest absolute Gasteiger partial charge is 0.496 e. The smallest absolute Gasteiger partial charge is 0.147 e. The van der Waals surface area contributed by atoms with Gasteiger partial charge in [-0.15, -0.1) is 11.8 Å². The van der Waals surface area contributed by atoms with Crippen LogP contribution in [0, 0.1) is 0 Å². The predicted octanol–water partition coefficient (Wildman–Crippen LogP) is 3.99. The topological polar surface area (TPSA) is 26.3 Å². The highest BCUT2D eigenvalue weighted by Crippen LogP contribution is 2.26. The molecule has 0 aliphatic heterocycles. The van der Waals surface area contributed by atoms with Crippen LogP contribution in [0.4, 0.5) is 0 Å². The number of benzene rings is 1. The summed E-state index contributed by atoms with van der Waals surface area (Å²) in [5, 5.41) is 0.627. The van der Waals surface area contributed by atoms with Crippen molar-refractivity contribution >= 4 is 29.1 Å². The number of ether oxygens (including phenoxy) is 1. The van der Waals surface area contributed by atoms with Crippen LogP contribution in [0.1, 0.15) is 26.3 Å². The number of carbonyl (C=O) groups excluding carboxylic acids is 1. The molecule has 0 spiro atoms. The van der Waals surface area contributed by atoms with Gasteiger partial charge in [-0.1, -0.05) is 32.4 Å². The molecule has 0 heterocycles. The zero-order valence-electron chi connectivity index (χ0n) is 11.2. The summed E-state index contributed by atoms with van der Waals surface area (Å²) < 4.78 is 5.33. The van der Waals surface area contributed by atoms with Gasteiger partial charge in [-0.2, -0.15) is 0 Å². The maximum absolute atomic E-state index is 11.9. The molecule has 0 aliphatic carbocycles. The van der Waals surface area contributed by atoms with Crippen LogP contribution in [0.15, 0.2) is 18.2 Å². The molecular formula is C14H19ClO2S. The average molecular weight is 287 g/mol. The summed E-state index contributed by atoms with van der Waals surface area (Å²) in [5.74, 6) is 1.42. The third-order valence-corrected chi connectivity index (χ3v) is 3.86. The van der Waals surface area contributed by atoms with E-state index >= 15 is 0 Å². The van der Waals surface area contributed by atoms with Gasteiger partial charge in [0.1, 0.15) is 11.5 Å². The normalized spacial score (nSPS) is 11.4. The molecule has 0 fully saturated rings. The van der Waals surface area contributed by atoms with E-state index < -0.39 is 0 Å². The van der Waals surface area contributed by atoms with Crippen LogP contribution in [0.25, 0.3) is 0 Å². The number of carbonyl (C=O) groups is 1. The molecule has 0 unspecified atom stereocenters. The lowest BCUT2D eigenvalue weighted by Crippen LogP contribution is -2.14. The molecule has 0 saturated carbocycles. The first kappa shape index (κ1) is 15.4. The maximum Gasteiger partial charge on any atom is 0.147 e. The summed E-state index contributed by atoms with van der Waals surface area (Å²) in [4.78, 5) is 11.9. The molecule has 1 aromatic carbocycles. The summed E-state index contributed by atoms with van der Waals surface area (Å²) >= 11 is 7.59. The Morgan fingerprint density at radius 1 is 1.39 bits per heavy atom. The Balaban J connectivity index is 2.66. The number of hydrogen-bond donors (Lipinski definition) is 0. The Bertz CT molecular complexity index is 424. The summed E-state index contributed by atoms with van der Waals surface area (Å²) in [6.07, 6.45) is 0.368. The lowest BCUT2D eigenvalue weighted by Gasteiger charge is -2.17. The Hall–Kier alpha value is -0.670. The first-order valence-corrected chi connectivity index (χ1v) is 7.16. The zero-order chi connectivity index (χ0) is 13.8. The maximum atomic E-state index is 11.9. The van der Waals surface area contributed by atoms with E-state index in [9.17, 15) is 4.79 Å². The second kappa shape index (κ2) is 6.48. The summed E-state index contributed by atoms with van der Waals surface area (Å²) in [6, 6.07) is 5.35. The molecular weight excluding hydrogens is 268 g/mol. The monoisotopic (exact) mass is 286 g/mol. The highest BCUT2D eigenvalue weighted by Gasteiger charge is 2.15. The molecule has 0 amide bonds. The third kappa shape index (κ3) is 5.32. The van der Waals surface area contributed by atoms with Crippen LogP contribution < -0.4 is 4.74 Å². The van der Waals surface area contributed by atoms with E-state index in [1.54, 1.807) is 37.1 Å². The van der Waals surface area contributed by atoms with Crippen LogP contribution >= 0.6 is 23.4 Å². The van der Waals surface area contributed by atoms with Crippen molar-refractivity contribution < 1.29 is 9.53 Å². The molecule has 2 nitrogen and oxygen atoms in total. The quantitative estimate of drug-likeness (QED) is 0.819. The summed E-state index contributed by atoms with van der Waals surface area (Å²) in [5.41, 5.74) is 0.851. The Morgan fingerprint density at radius 3 is 2.61 bits per heavy atom. The minimum Gasteiger partial charge on any atom is -0.496 e. The standard InChI is InChI=1S/C14H19ClO2S/c1-14(2,3)18-9-12(16)8-10-7-11(15)5-6-13(10)17-4/h5-7H,8-9H2,1-4H3. The molecule has 0 atom stereocenters. The minimum absolute atomic E-state index is 0.105. The average Bonchev–Trinajstić information content (AvgIpc) is 2.26. The summed E-state index contributed by atoms with van der Waals surface area (Å²) in [6.45, 7) is 6.31. The molecule has 0 N–H and O–H groups in total. The van der Waals surface area contributed by atoms with Crippen LogP contribution in [-0.4, -0.2) is 23.4 Å². The predicted molar refractivity (Wildman–Crippen MR) is 78.9 cm³/mol. The molecule has 4 heteroatoms. The molecule has 0 saturated heterocycles. The van der Waals surface area contributed by atoms with Gasteiger partial charge in [0.15, 0.2) is 0 Å². The zero-order valence-corrected chi connectivity index (χ0v) is 12.8. The van der Waals surface area contributed by atoms with Gasteiger partial charge in [0.05, 0.1) is 12.9 Å². The van der Waals surface area contributed by atoms with Gasteiger partial charge in [0.2, 0.25) is 0 Å². The van der Waals surface area contributed by atoms with E-state index in [4.69, 9.17) is 16.3 Å². The van der Waals surface area contributed by atoms with Crippen molar-refractivity contribution in [3.05, 3.63) is 28.8 Å². The van der Waals surface area contributed by atoms with Crippen molar-refractivity contribution in [3.63, 3.8) is 0 Å².